The Bertz CT molecular complexity index is 692. The third-order valence-corrected chi connectivity index (χ3v) is 5.13. The summed E-state index contributed by atoms with van der Waals surface area (Å²) in [5.74, 6) is 3.16. The van der Waals surface area contributed by atoms with Gasteiger partial charge in [0.05, 0.1) is 11.8 Å². The van der Waals surface area contributed by atoms with E-state index >= 15 is 0 Å². The molecule has 0 bridgehead atoms. The molecule has 0 aromatic carbocycles. The highest BCUT2D eigenvalue weighted by molar-refractivity contribution is 5.89. The van der Waals surface area contributed by atoms with Gasteiger partial charge in [0.15, 0.2) is 11.6 Å². The van der Waals surface area contributed by atoms with Gasteiger partial charge < -0.3 is 13.8 Å². The van der Waals surface area contributed by atoms with E-state index in [-0.39, 0.29) is 6.03 Å². The number of rotatable bonds is 2. The molecule has 2 aromatic rings. The van der Waals surface area contributed by atoms with E-state index in [4.69, 9.17) is 8.94 Å². The Kier molecular flexibility index (Phi) is 3.59. The van der Waals surface area contributed by atoms with Gasteiger partial charge in [0.2, 0.25) is 0 Å². The zero-order valence-corrected chi connectivity index (χ0v) is 13.2. The average molecular weight is 315 g/mol. The Balaban J connectivity index is 1.41. The number of nitrogens with one attached hydrogen (secondary N) is 1. The highest BCUT2D eigenvalue weighted by Crippen LogP contribution is 2.36. The maximum absolute atomic E-state index is 12.4. The highest BCUT2D eigenvalue weighted by atomic mass is 16.5. The molecule has 122 valence electrons. The lowest BCUT2D eigenvalue weighted by molar-refractivity contribution is 0.220. The van der Waals surface area contributed by atoms with E-state index < -0.39 is 0 Å². The van der Waals surface area contributed by atoms with Gasteiger partial charge in [-0.05, 0) is 37.7 Å². The van der Waals surface area contributed by atoms with Crippen LogP contribution in [0.3, 0.4) is 0 Å². The smallest absolute Gasteiger partial charge is 0.323 e. The van der Waals surface area contributed by atoms with Crippen molar-refractivity contribution >= 4 is 11.8 Å². The van der Waals surface area contributed by atoms with Crippen LogP contribution >= 0.6 is 0 Å². The summed E-state index contributed by atoms with van der Waals surface area (Å²) in [6.45, 7) is 3.59. The molecule has 0 radical (unpaired) electrons. The van der Waals surface area contributed by atoms with Gasteiger partial charge in [0, 0.05) is 19.2 Å². The number of aromatic nitrogens is 1. The number of aryl methyl sites for hydroxylation is 1. The molecule has 0 spiro atoms. The molecule has 1 N–H and O–H groups in total. The third-order valence-electron chi connectivity index (χ3n) is 5.13. The zero-order valence-electron chi connectivity index (χ0n) is 13.2. The lowest BCUT2D eigenvalue weighted by Gasteiger charge is -2.22. The van der Waals surface area contributed by atoms with Crippen LogP contribution in [0.5, 0.6) is 0 Å². The number of nitrogens with zero attached hydrogens (tertiary/aromatic N) is 2. The molecule has 2 aliphatic rings. The Hall–Kier alpha value is -2.24. The van der Waals surface area contributed by atoms with Crippen LogP contribution in [0.1, 0.15) is 31.4 Å². The first-order valence-electron chi connectivity index (χ1n) is 8.28. The van der Waals surface area contributed by atoms with Crippen LogP contribution in [0, 0.1) is 18.8 Å². The number of carbonyl (C=O) groups excluding carboxylic acids is 1. The molecule has 2 aromatic heterocycles. The molecule has 1 saturated heterocycles. The van der Waals surface area contributed by atoms with Crippen molar-refractivity contribution in [2.24, 2.45) is 11.8 Å². The van der Waals surface area contributed by atoms with Crippen molar-refractivity contribution in [2.45, 2.75) is 32.6 Å². The number of carbonyl (C=O) groups is 1. The van der Waals surface area contributed by atoms with Crippen molar-refractivity contribution in [1.82, 2.24) is 10.1 Å². The van der Waals surface area contributed by atoms with Gasteiger partial charge in [-0.3, -0.25) is 5.32 Å². The fraction of sp³-hybridized carbons (Fsp3) is 0.529. The molecule has 6 nitrogen and oxygen atoms in total. The second-order valence-corrected chi connectivity index (χ2v) is 6.61. The van der Waals surface area contributed by atoms with E-state index in [1.807, 2.05) is 17.9 Å². The molecule has 6 heteroatoms. The van der Waals surface area contributed by atoms with Crippen LogP contribution in [-0.4, -0.2) is 29.2 Å². The lowest BCUT2D eigenvalue weighted by Crippen LogP contribution is -2.33. The van der Waals surface area contributed by atoms with Crippen LogP contribution in [0.25, 0.3) is 11.3 Å². The summed E-state index contributed by atoms with van der Waals surface area (Å²) >= 11 is 0. The number of hydrogen-bond donors (Lipinski definition) is 1. The van der Waals surface area contributed by atoms with Crippen molar-refractivity contribution in [3.63, 3.8) is 0 Å². The van der Waals surface area contributed by atoms with Gasteiger partial charge in [-0.15, -0.1) is 0 Å². The third kappa shape index (κ3) is 2.73. The zero-order chi connectivity index (χ0) is 15.8. The summed E-state index contributed by atoms with van der Waals surface area (Å²) in [4.78, 5) is 14.4. The number of hydrogen-bond acceptors (Lipinski definition) is 4. The largest absolute Gasteiger partial charge is 0.469 e. The van der Waals surface area contributed by atoms with E-state index in [1.165, 1.54) is 25.7 Å². The monoisotopic (exact) mass is 315 g/mol. The molecule has 2 unspecified atom stereocenters. The van der Waals surface area contributed by atoms with Crippen LogP contribution in [0.2, 0.25) is 0 Å². The van der Waals surface area contributed by atoms with Gasteiger partial charge >= 0.3 is 6.03 Å². The first-order valence-corrected chi connectivity index (χ1v) is 8.28. The average Bonchev–Trinajstić information content (AvgIpc) is 3.25. The summed E-state index contributed by atoms with van der Waals surface area (Å²) in [6, 6.07) is 3.48. The van der Waals surface area contributed by atoms with Crippen LogP contribution < -0.4 is 5.32 Å². The fourth-order valence-electron chi connectivity index (χ4n) is 3.86. The molecular formula is C17H21N3O3. The Morgan fingerprint density at radius 1 is 1.30 bits per heavy atom. The minimum absolute atomic E-state index is 0.0804. The molecule has 23 heavy (non-hydrogen) atoms. The highest BCUT2D eigenvalue weighted by Gasteiger charge is 2.36. The van der Waals surface area contributed by atoms with Crippen molar-refractivity contribution in [3.05, 3.63) is 24.2 Å². The number of urea groups is 1. The van der Waals surface area contributed by atoms with Gasteiger partial charge in [-0.25, -0.2) is 4.79 Å². The van der Waals surface area contributed by atoms with Crippen molar-refractivity contribution < 1.29 is 13.7 Å². The number of likely N-dealkylation sites (tertiary alicyclic amines) is 1. The van der Waals surface area contributed by atoms with E-state index in [2.05, 4.69) is 10.5 Å². The van der Waals surface area contributed by atoms with Crippen molar-refractivity contribution in [2.75, 3.05) is 18.4 Å². The summed E-state index contributed by atoms with van der Waals surface area (Å²) in [6.07, 6.45) is 6.71. The molecule has 2 atom stereocenters. The number of fused-ring (bicyclic) bond motifs is 1. The predicted molar refractivity (Wildman–Crippen MR) is 85.0 cm³/mol. The summed E-state index contributed by atoms with van der Waals surface area (Å²) in [7, 11) is 0. The number of amides is 2. The van der Waals surface area contributed by atoms with E-state index in [9.17, 15) is 4.79 Å². The Morgan fingerprint density at radius 2 is 2.04 bits per heavy atom. The first-order chi connectivity index (χ1) is 11.2. The molecule has 3 heterocycles. The van der Waals surface area contributed by atoms with E-state index in [1.54, 1.807) is 12.3 Å². The summed E-state index contributed by atoms with van der Waals surface area (Å²) in [5.41, 5.74) is 0.852. The second kappa shape index (κ2) is 5.76. The molecule has 4 rings (SSSR count). The molecule has 1 saturated carbocycles. The number of furan rings is 1. The molecule has 1 aliphatic carbocycles. The van der Waals surface area contributed by atoms with Gasteiger partial charge in [0.25, 0.3) is 0 Å². The minimum atomic E-state index is -0.0804. The maximum Gasteiger partial charge on any atom is 0.323 e. The van der Waals surface area contributed by atoms with Crippen LogP contribution in [0.15, 0.2) is 27.3 Å². The lowest BCUT2D eigenvalue weighted by atomic mass is 9.82. The predicted octanol–water partition coefficient (Wildman–Crippen LogP) is 3.90. The van der Waals surface area contributed by atoms with Gasteiger partial charge in [-0.2, -0.15) is 0 Å². The SMILES string of the molecule is Cc1occc1-c1cc(NC(=O)N2CC3CCCCC3C2)no1. The van der Waals surface area contributed by atoms with Crippen molar-refractivity contribution in [1.29, 1.82) is 0 Å². The topological polar surface area (TPSA) is 71.5 Å². The van der Waals surface area contributed by atoms with E-state index in [0.717, 1.165) is 24.4 Å². The second-order valence-electron chi connectivity index (χ2n) is 6.61. The van der Waals surface area contributed by atoms with Gasteiger partial charge in [0.1, 0.15) is 5.76 Å². The first kappa shape index (κ1) is 14.4. The van der Waals surface area contributed by atoms with Gasteiger partial charge in [-0.1, -0.05) is 18.0 Å². The molecule has 2 amide bonds. The standard InChI is InChI=1S/C17H21N3O3/c1-11-14(6-7-22-11)15-8-16(19-23-15)18-17(21)20-9-12-4-2-3-5-13(12)10-20/h6-8,12-13H,2-5,9-10H2,1H3,(H,18,19,21). The van der Waals surface area contributed by atoms with Crippen molar-refractivity contribution in [3.8, 4) is 11.3 Å². The molecule has 2 fully saturated rings. The van der Waals surface area contributed by atoms with E-state index in [0.29, 0.717) is 23.4 Å². The van der Waals surface area contributed by atoms with Crippen LogP contribution in [-0.2, 0) is 0 Å². The number of anilines is 1. The quantitative estimate of drug-likeness (QED) is 0.912. The Labute approximate surface area is 134 Å². The van der Waals surface area contributed by atoms with Crippen LogP contribution in [0.4, 0.5) is 10.6 Å². The fourth-order valence-corrected chi connectivity index (χ4v) is 3.86. The molecular weight excluding hydrogens is 294 g/mol. The molecule has 1 aliphatic heterocycles. The summed E-state index contributed by atoms with van der Waals surface area (Å²) in [5, 5.41) is 6.79. The minimum Gasteiger partial charge on any atom is -0.469 e. The Morgan fingerprint density at radius 3 is 2.70 bits per heavy atom. The normalized spacial score (nSPS) is 23.8. The maximum atomic E-state index is 12.4. The summed E-state index contributed by atoms with van der Waals surface area (Å²) < 4.78 is 10.6.